The van der Waals surface area contributed by atoms with Crippen molar-refractivity contribution in [2.75, 3.05) is 0 Å². The van der Waals surface area contributed by atoms with Gasteiger partial charge in [-0.05, 0) is 12.5 Å². The molecular formula is C8H11FO2. The first kappa shape index (κ1) is 9.88. The summed E-state index contributed by atoms with van der Waals surface area (Å²) in [5.41, 5.74) is 0. The molecule has 0 heterocycles. The summed E-state index contributed by atoms with van der Waals surface area (Å²) in [6, 6.07) is 0. The van der Waals surface area contributed by atoms with E-state index in [9.17, 15) is 9.18 Å². The molecule has 11 heavy (non-hydrogen) atoms. The van der Waals surface area contributed by atoms with Crippen LogP contribution in [0.3, 0.4) is 0 Å². The standard InChI is InChI=1S/C8H11FO2/c1-3-5-6-7(9)8(10)11-4-2/h4,6H,2-3,5H2,1H3. The zero-order valence-electron chi connectivity index (χ0n) is 6.47. The van der Waals surface area contributed by atoms with Crippen molar-refractivity contribution in [2.45, 2.75) is 19.8 Å². The Morgan fingerprint density at radius 1 is 1.73 bits per heavy atom. The fraction of sp³-hybridized carbons (Fsp3) is 0.375. The summed E-state index contributed by atoms with van der Waals surface area (Å²) in [7, 11) is 0. The molecule has 0 aliphatic rings. The van der Waals surface area contributed by atoms with Gasteiger partial charge in [-0.15, -0.1) is 0 Å². The van der Waals surface area contributed by atoms with Gasteiger partial charge in [-0.2, -0.15) is 4.39 Å². The molecule has 0 saturated heterocycles. The molecule has 0 atom stereocenters. The van der Waals surface area contributed by atoms with Gasteiger partial charge in [0.1, 0.15) is 0 Å². The van der Waals surface area contributed by atoms with Gasteiger partial charge in [-0.25, -0.2) is 4.79 Å². The predicted molar refractivity (Wildman–Crippen MR) is 40.4 cm³/mol. The normalized spacial score (nSPS) is 10.9. The first-order valence-electron chi connectivity index (χ1n) is 3.40. The third-order valence-corrected chi connectivity index (χ3v) is 0.998. The highest BCUT2D eigenvalue weighted by atomic mass is 19.1. The van der Waals surface area contributed by atoms with Crippen molar-refractivity contribution in [3.63, 3.8) is 0 Å². The summed E-state index contributed by atoms with van der Waals surface area (Å²) in [6.45, 7) is 5.02. The Morgan fingerprint density at radius 3 is 2.82 bits per heavy atom. The molecule has 0 spiro atoms. The Bertz CT molecular complexity index is 173. The summed E-state index contributed by atoms with van der Waals surface area (Å²) >= 11 is 0. The average Bonchev–Trinajstić information content (AvgIpc) is 2.00. The molecule has 0 rings (SSSR count). The number of hydrogen-bond donors (Lipinski definition) is 0. The maximum absolute atomic E-state index is 12.5. The van der Waals surface area contributed by atoms with Gasteiger partial charge in [0, 0.05) is 0 Å². The van der Waals surface area contributed by atoms with Crippen LogP contribution in [0.5, 0.6) is 0 Å². The lowest BCUT2D eigenvalue weighted by molar-refractivity contribution is -0.135. The minimum absolute atomic E-state index is 0.540. The first-order valence-corrected chi connectivity index (χ1v) is 3.40. The van der Waals surface area contributed by atoms with E-state index in [0.29, 0.717) is 6.42 Å². The third kappa shape index (κ3) is 4.31. The molecule has 0 amide bonds. The van der Waals surface area contributed by atoms with Crippen LogP contribution in [0.15, 0.2) is 24.7 Å². The van der Waals surface area contributed by atoms with E-state index in [2.05, 4.69) is 11.3 Å². The van der Waals surface area contributed by atoms with E-state index in [0.717, 1.165) is 12.7 Å². The minimum atomic E-state index is -0.978. The SMILES string of the molecule is C=COC(=O)C(F)=CCCC. The minimum Gasteiger partial charge on any atom is -0.430 e. The van der Waals surface area contributed by atoms with E-state index in [1.807, 2.05) is 6.92 Å². The molecule has 0 unspecified atom stereocenters. The van der Waals surface area contributed by atoms with Gasteiger partial charge in [0.15, 0.2) is 0 Å². The number of esters is 1. The Morgan fingerprint density at radius 2 is 2.36 bits per heavy atom. The Balaban J connectivity index is 3.89. The van der Waals surface area contributed by atoms with Gasteiger partial charge in [-0.1, -0.05) is 19.9 Å². The number of ether oxygens (including phenoxy) is 1. The van der Waals surface area contributed by atoms with Crippen LogP contribution in [0, 0.1) is 0 Å². The lowest BCUT2D eigenvalue weighted by atomic mass is 10.3. The molecule has 3 heteroatoms. The fourth-order valence-corrected chi connectivity index (χ4v) is 0.486. The smallest absolute Gasteiger partial charge is 0.371 e. The molecule has 0 radical (unpaired) electrons. The number of hydrogen-bond acceptors (Lipinski definition) is 2. The van der Waals surface area contributed by atoms with Gasteiger partial charge < -0.3 is 4.74 Å². The second-order valence-corrected chi connectivity index (χ2v) is 1.91. The molecule has 0 fully saturated rings. The highest BCUT2D eigenvalue weighted by Crippen LogP contribution is 2.02. The number of carbonyl (C=O) groups is 1. The molecule has 0 aliphatic heterocycles. The summed E-state index contributed by atoms with van der Waals surface area (Å²) in [5.74, 6) is -1.83. The Kier molecular flexibility index (Phi) is 5.07. The van der Waals surface area contributed by atoms with Crippen LogP contribution in [0.1, 0.15) is 19.8 Å². The van der Waals surface area contributed by atoms with Crippen LogP contribution in [0.4, 0.5) is 4.39 Å². The molecule has 0 saturated carbocycles. The average molecular weight is 158 g/mol. The van der Waals surface area contributed by atoms with Crippen molar-refractivity contribution in [3.05, 3.63) is 24.7 Å². The lowest BCUT2D eigenvalue weighted by Gasteiger charge is -1.93. The third-order valence-electron chi connectivity index (χ3n) is 0.998. The van der Waals surface area contributed by atoms with Crippen molar-refractivity contribution < 1.29 is 13.9 Å². The number of allylic oxidation sites excluding steroid dienone is 1. The quantitative estimate of drug-likeness (QED) is 0.356. The second-order valence-electron chi connectivity index (χ2n) is 1.91. The zero-order chi connectivity index (χ0) is 8.69. The van der Waals surface area contributed by atoms with Gasteiger partial charge in [0.25, 0.3) is 0 Å². The predicted octanol–water partition coefficient (Wildman–Crippen LogP) is 2.33. The monoisotopic (exact) mass is 158 g/mol. The summed E-state index contributed by atoms with van der Waals surface area (Å²) in [5, 5.41) is 0. The molecule has 0 aliphatic carbocycles. The largest absolute Gasteiger partial charge is 0.430 e. The highest BCUT2D eigenvalue weighted by Gasteiger charge is 2.06. The fourth-order valence-electron chi connectivity index (χ4n) is 0.486. The van der Waals surface area contributed by atoms with Gasteiger partial charge in [0.05, 0.1) is 6.26 Å². The zero-order valence-corrected chi connectivity index (χ0v) is 6.47. The lowest BCUT2D eigenvalue weighted by Crippen LogP contribution is -1.99. The van der Waals surface area contributed by atoms with Crippen molar-refractivity contribution in [1.29, 1.82) is 0 Å². The molecule has 0 aromatic heterocycles. The van der Waals surface area contributed by atoms with Crippen LogP contribution in [0.25, 0.3) is 0 Å². The molecule has 2 nitrogen and oxygen atoms in total. The molecular weight excluding hydrogens is 147 g/mol. The van der Waals surface area contributed by atoms with E-state index in [-0.39, 0.29) is 0 Å². The van der Waals surface area contributed by atoms with Gasteiger partial charge >= 0.3 is 5.97 Å². The van der Waals surface area contributed by atoms with Gasteiger partial charge in [0.2, 0.25) is 5.83 Å². The maximum atomic E-state index is 12.5. The topological polar surface area (TPSA) is 26.3 Å². The maximum Gasteiger partial charge on any atom is 0.371 e. The number of unbranched alkanes of at least 4 members (excludes halogenated alkanes) is 1. The van der Waals surface area contributed by atoms with Crippen LogP contribution < -0.4 is 0 Å². The highest BCUT2D eigenvalue weighted by molar-refractivity contribution is 5.86. The van der Waals surface area contributed by atoms with Crippen LogP contribution >= 0.6 is 0 Å². The summed E-state index contributed by atoms with van der Waals surface area (Å²) < 4.78 is 16.7. The molecule has 0 aromatic carbocycles. The number of rotatable bonds is 4. The summed E-state index contributed by atoms with van der Waals surface area (Å²) in [4.78, 5) is 10.5. The second kappa shape index (κ2) is 5.65. The van der Waals surface area contributed by atoms with E-state index in [4.69, 9.17) is 0 Å². The molecule has 0 aromatic rings. The Labute approximate surface area is 65.4 Å². The molecule has 62 valence electrons. The van der Waals surface area contributed by atoms with Crippen LogP contribution in [-0.2, 0) is 9.53 Å². The summed E-state index contributed by atoms with van der Waals surface area (Å²) in [6.07, 6.45) is 3.44. The van der Waals surface area contributed by atoms with Crippen molar-refractivity contribution in [3.8, 4) is 0 Å². The van der Waals surface area contributed by atoms with Crippen molar-refractivity contribution in [2.24, 2.45) is 0 Å². The molecule has 0 bridgehead atoms. The van der Waals surface area contributed by atoms with Gasteiger partial charge in [-0.3, -0.25) is 0 Å². The van der Waals surface area contributed by atoms with Crippen LogP contribution in [-0.4, -0.2) is 5.97 Å². The number of carbonyl (C=O) groups excluding carboxylic acids is 1. The van der Waals surface area contributed by atoms with Crippen molar-refractivity contribution in [1.82, 2.24) is 0 Å². The van der Waals surface area contributed by atoms with Crippen LogP contribution in [0.2, 0.25) is 0 Å². The van der Waals surface area contributed by atoms with E-state index in [1.165, 1.54) is 6.08 Å². The number of halogens is 1. The molecule has 0 N–H and O–H groups in total. The van der Waals surface area contributed by atoms with E-state index >= 15 is 0 Å². The van der Waals surface area contributed by atoms with Crippen molar-refractivity contribution >= 4 is 5.97 Å². The Hall–Kier alpha value is -1.12. The van der Waals surface area contributed by atoms with E-state index < -0.39 is 11.8 Å². The van der Waals surface area contributed by atoms with E-state index in [1.54, 1.807) is 0 Å². The first-order chi connectivity index (χ1) is 5.22.